The molecule has 1 saturated carbocycles. The lowest BCUT2D eigenvalue weighted by molar-refractivity contribution is 0.424. The zero-order valence-electron chi connectivity index (χ0n) is 12.4. The summed E-state index contributed by atoms with van der Waals surface area (Å²) in [4.78, 5) is 0. The van der Waals surface area contributed by atoms with E-state index in [4.69, 9.17) is 0 Å². The molecule has 1 aromatic heterocycles. The monoisotopic (exact) mass is 268 g/mol. The van der Waals surface area contributed by atoms with E-state index in [-0.39, 0.29) is 0 Å². The molecule has 2 atom stereocenters. The fraction of sp³-hybridized carbons (Fsp3) is 0.556. The Morgan fingerprint density at radius 2 is 2.20 bits per heavy atom. The van der Waals surface area contributed by atoms with Crippen molar-refractivity contribution in [1.29, 1.82) is 0 Å². The predicted octanol–water partition coefficient (Wildman–Crippen LogP) is 3.52. The van der Waals surface area contributed by atoms with Crippen LogP contribution in [0.2, 0.25) is 0 Å². The van der Waals surface area contributed by atoms with Crippen LogP contribution in [-0.4, -0.2) is 17.7 Å². The molecule has 2 aromatic rings. The Labute approximate surface area is 121 Å². The van der Waals surface area contributed by atoms with Crippen molar-refractivity contribution in [3.05, 3.63) is 35.5 Å². The topological polar surface area (TPSA) is 17.0 Å². The van der Waals surface area contributed by atoms with Crippen LogP contribution in [0.5, 0.6) is 0 Å². The number of nitrogens with one attached hydrogen (secondary N) is 1. The van der Waals surface area contributed by atoms with Gasteiger partial charge in [-0.3, -0.25) is 0 Å². The molecule has 1 N–H and O–H groups in total. The third-order valence-corrected chi connectivity index (χ3v) is 5.42. The van der Waals surface area contributed by atoms with Crippen molar-refractivity contribution in [2.45, 2.75) is 51.1 Å². The lowest BCUT2D eigenvalue weighted by Crippen LogP contribution is -2.29. The van der Waals surface area contributed by atoms with Gasteiger partial charge in [-0.05, 0) is 56.2 Å². The van der Waals surface area contributed by atoms with Crippen LogP contribution >= 0.6 is 0 Å². The highest BCUT2D eigenvalue weighted by Gasteiger charge is 2.27. The fourth-order valence-electron chi connectivity index (χ4n) is 4.44. The number of benzene rings is 1. The Morgan fingerprint density at radius 3 is 3.10 bits per heavy atom. The van der Waals surface area contributed by atoms with E-state index in [1.807, 2.05) is 0 Å². The van der Waals surface area contributed by atoms with E-state index in [2.05, 4.69) is 41.3 Å². The number of para-hydroxylation sites is 1. The molecule has 0 amide bonds. The van der Waals surface area contributed by atoms with Crippen LogP contribution in [0, 0.1) is 5.92 Å². The van der Waals surface area contributed by atoms with Gasteiger partial charge in [0.15, 0.2) is 0 Å². The van der Waals surface area contributed by atoms with Crippen molar-refractivity contribution in [2.24, 2.45) is 5.92 Å². The first-order valence-electron chi connectivity index (χ1n) is 8.13. The molecule has 2 nitrogen and oxygen atoms in total. The average Bonchev–Trinajstić information content (AvgIpc) is 3.07. The van der Waals surface area contributed by atoms with Gasteiger partial charge in [-0.15, -0.1) is 0 Å². The molecule has 106 valence electrons. The summed E-state index contributed by atoms with van der Waals surface area (Å²) in [6.45, 7) is 1.20. The highest BCUT2D eigenvalue weighted by molar-refractivity contribution is 5.87. The molecule has 2 unspecified atom stereocenters. The lowest BCUT2D eigenvalue weighted by Gasteiger charge is -2.18. The zero-order valence-corrected chi connectivity index (χ0v) is 12.4. The summed E-state index contributed by atoms with van der Waals surface area (Å²) in [6, 6.07) is 7.62. The molecule has 4 rings (SSSR count). The Morgan fingerprint density at radius 1 is 1.25 bits per heavy atom. The second-order valence-corrected chi connectivity index (χ2v) is 6.55. The lowest BCUT2D eigenvalue weighted by atomic mass is 9.93. The maximum Gasteiger partial charge on any atom is 0.0515 e. The molecule has 1 aromatic carbocycles. The number of nitrogens with zero attached hydrogens (tertiary/aromatic N) is 1. The molecule has 1 fully saturated rings. The summed E-state index contributed by atoms with van der Waals surface area (Å²) < 4.78 is 2.51. The van der Waals surface area contributed by atoms with Crippen LogP contribution in [0.15, 0.2) is 24.4 Å². The smallest absolute Gasteiger partial charge is 0.0515 e. The Bertz CT molecular complexity index is 626. The number of aromatic nitrogens is 1. The third-order valence-electron chi connectivity index (χ3n) is 5.42. The van der Waals surface area contributed by atoms with Crippen LogP contribution in [-0.2, 0) is 19.4 Å². The number of hydrogen-bond donors (Lipinski definition) is 1. The molecule has 2 heteroatoms. The van der Waals surface area contributed by atoms with E-state index in [0.717, 1.165) is 12.0 Å². The molecule has 0 bridgehead atoms. The molecule has 1 aliphatic heterocycles. The van der Waals surface area contributed by atoms with Gasteiger partial charge in [0.05, 0.1) is 5.52 Å². The number of rotatable bonds is 3. The summed E-state index contributed by atoms with van der Waals surface area (Å²) in [5.41, 5.74) is 4.65. The molecule has 0 spiro atoms. The first kappa shape index (κ1) is 12.5. The second-order valence-electron chi connectivity index (χ2n) is 6.55. The van der Waals surface area contributed by atoms with Crippen LogP contribution in [0.3, 0.4) is 0 Å². The van der Waals surface area contributed by atoms with Gasteiger partial charge < -0.3 is 9.88 Å². The second kappa shape index (κ2) is 4.92. The summed E-state index contributed by atoms with van der Waals surface area (Å²) in [5.74, 6) is 0.823. The van der Waals surface area contributed by atoms with E-state index in [1.54, 1.807) is 11.1 Å². The number of hydrogen-bond acceptors (Lipinski definition) is 1. The van der Waals surface area contributed by atoms with E-state index in [9.17, 15) is 0 Å². The minimum absolute atomic E-state index is 0.724. The van der Waals surface area contributed by atoms with Gasteiger partial charge in [0.2, 0.25) is 0 Å². The zero-order chi connectivity index (χ0) is 13.5. The molecule has 0 radical (unpaired) electrons. The van der Waals surface area contributed by atoms with E-state index in [0.29, 0.717) is 0 Å². The van der Waals surface area contributed by atoms with E-state index < -0.39 is 0 Å². The van der Waals surface area contributed by atoms with Gasteiger partial charge in [0, 0.05) is 24.2 Å². The quantitative estimate of drug-likeness (QED) is 0.901. The van der Waals surface area contributed by atoms with E-state index in [1.165, 1.54) is 56.0 Å². The largest absolute Gasteiger partial charge is 0.347 e. The third kappa shape index (κ3) is 1.89. The van der Waals surface area contributed by atoms with Crippen molar-refractivity contribution < 1.29 is 0 Å². The summed E-state index contributed by atoms with van der Waals surface area (Å²) in [7, 11) is 2.12. The van der Waals surface area contributed by atoms with Gasteiger partial charge in [-0.2, -0.15) is 0 Å². The molecule has 2 heterocycles. The Kier molecular flexibility index (Phi) is 3.07. The summed E-state index contributed by atoms with van der Waals surface area (Å²) in [5, 5.41) is 5.04. The van der Waals surface area contributed by atoms with E-state index >= 15 is 0 Å². The SMILES string of the molecule is CNC1CCCC1Cc1cn2c3c(cccc13)CCC2. The Balaban J connectivity index is 1.72. The van der Waals surface area contributed by atoms with Crippen molar-refractivity contribution in [3.8, 4) is 0 Å². The molecule has 1 aliphatic carbocycles. The molecule has 2 aliphatic rings. The first-order chi connectivity index (χ1) is 9.86. The average molecular weight is 268 g/mol. The van der Waals surface area contributed by atoms with Crippen molar-refractivity contribution >= 4 is 10.9 Å². The normalized spacial score (nSPS) is 25.4. The van der Waals surface area contributed by atoms with Gasteiger partial charge >= 0.3 is 0 Å². The Hall–Kier alpha value is -1.28. The fourth-order valence-corrected chi connectivity index (χ4v) is 4.44. The highest BCUT2D eigenvalue weighted by Crippen LogP contribution is 2.34. The predicted molar refractivity (Wildman–Crippen MR) is 84.2 cm³/mol. The summed E-state index contributed by atoms with van der Waals surface area (Å²) in [6.07, 6.45) is 10.4. The highest BCUT2D eigenvalue weighted by atomic mass is 15.0. The van der Waals surface area contributed by atoms with Gasteiger partial charge in [-0.25, -0.2) is 0 Å². The van der Waals surface area contributed by atoms with Crippen LogP contribution in [0.1, 0.15) is 36.8 Å². The maximum absolute atomic E-state index is 3.52. The van der Waals surface area contributed by atoms with Crippen molar-refractivity contribution in [3.63, 3.8) is 0 Å². The van der Waals surface area contributed by atoms with Crippen molar-refractivity contribution in [1.82, 2.24) is 9.88 Å². The van der Waals surface area contributed by atoms with Gasteiger partial charge in [0.1, 0.15) is 0 Å². The minimum atomic E-state index is 0.724. The van der Waals surface area contributed by atoms with Crippen LogP contribution in [0.25, 0.3) is 10.9 Å². The molecule has 20 heavy (non-hydrogen) atoms. The number of aryl methyl sites for hydroxylation is 2. The molecular formula is C18H24N2. The minimum Gasteiger partial charge on any atom is -0.347 e. The maximum atomic E-state index is 3.52. The van der Waals surface area contributed by atoms with Crippen LogP contribution in [0.4, 0.5) is 0 Å². The molecule has 0 saturated heterocycles. The first-order valence-corrected chi connectivity index (χ1v) is 8.13. The standard InChI is InChI=1S/C18H24N2/c1-19-17-9-3-6-14(17)11-15-12-20-10-4-7-13-5-2-8-16(15)18(13)20/h2,5,8,12,14,17,19H,3-4,6-7,9-11H2,1H3. The van der Waals surface area contributed by atoms with Gasteiger partial charge in [-0.1, -0.05) is 24.6 Å². The van der Waals surface area contributed by atoms with Crippen molar-refractivity contribution in [2.75, 3.05) is 7.05 Å². The van der Waals surface area contributed by atoms with Crippen LogP contribution < -0.4 is 5.32 Å². The molecular weight excluding hydrogens is 244 g/mol. The van der Waals surface area contributed by atoms with Gasteiger partial charge in [0.25, 0.3) is 0 Å². The summed E-state index contributed by atoms with van der Waals surface area (Å²) >= 11 is 0.